The number of carbonyl (C=O) groups excluding carboxylic acids is 1. The normalized spacial score (nSPS) is 16.9. The highest BCUT2D eigenvalue weighted by Crippen LogP contribution is 2.16. The van der Waals surface area contributed by atoms with Gasteiger partial charge >= 0.3 is 0 Å². The van der Waals surface area contributed by atoms with Crippen molar-refractivity contribution in [3.8, 4) is 0 Å². The van der Waals surface area contributed by atoms with E-state index in [0.717, 1.165) is 49.6 Å². The van der Waals surface area contributed by atoms with E-state index in [9.17, 15) is 4.79 Å². The predicted molar refractivity (Wildman–Crippen MR) is 113 cm³/mol. The molecule has 140 valence electrons. The molecule has 1 aromatic carbocycles. The maximum absolute atomic E-state index is 12.1. The molecule has 1 saturated heterocycles. The second-order valence-electron chi connectivity index (χ2n) is 5.81. The number of nitrogens with one attached hydrogen (secondary N) is 3. The van der Waals surface area contributed by atoms with Crippen molar-refractivity contribution in [1.29, 1.82) is 0 Å². The predicted octanol–water partition coefficient (Wildman–Crippen LogP) is 2.89. The average Bonchev–Trinajstić information content (AvgIpc) is 3.12. The first-order valence-corrected chi connectivity index (χ1v) is 8.76. The van der Waals surface area contributed by atoms with Gasteiger partial charge in [-0.25, -0.2) is 4.99 Å². The lowest BCUT2D eigenvalue weighted by atomic mass is 10.2. The van der Waals surface area contributed by atoms with Crippen LogP contribution in [0.3, 0.4) is 0 Å². The summed E-state index contributed by atoms with van der Waals surface area (Å²) in [7, 11) is 0. The molecule has 0 saturated carbocycles. The standard InChI is InChI=1S/C18H28N4O2.HI/c1-3-10-20-18(19-4-2)21-13-14-7-5-8-15(12-14)22-17(23)16-9-6-11-24-16;/h5,7-8,12,16H,3-4,6,9-11,13H2,1-2H3,(H,22,23)(H2,19,20,21);1H. The Labute approximate surface area is 167 Å². The number of ether oxygens (including phenoxy) is 1. The summed E-state index contributed by atoms with van der Waals surface area (Å²) < 4.78 is 5.41. The Morgan fingerprint density at radius 1 is 1.32 bits per heavy atom. The summed E-state index contributed by atoms with van der Waals surface area (Å²) in [6.45, 7) is 7.12. The molecular weight excluding hydrogens is 431 g/mol. The number of rotatable bonds is 7. The number of hydrogen-bond acceptors (Lipinski definition) is 3. The van der Waals surface area contributed by atoms with E-state index in [1.165, 1.54) is 0 Å². The van der Waals surface area contributed by atoms with Gasteiger partial charge in [-0.05, 0) is 43.9 Å². The quantitative estimate of drug-likeness (QED) is 0.333. The Hall–Kier alpha value is -1.35. The Morgan fingerprint density at radius 3 is 2.84 bits per heavy atom. The number of amides is 1. The fourth-order valence-corrected chi connectivity index (χ4v) is 2.51. The molecule has 0 aliphatic carbocycles. The molecule has 1 amide bonds. The number of hydrogen-bond donors (Lipinski definition) is 3. The first-order valence-electron chi connectivity index (χ1n) is 8.76. The molecule has 0 spiro atoms. The Kier molecular flexibility index (Phi) is 10.5. The summed E-state index contributed by atoms with van der Waals surface area (Å²) in [6.07, 6.45) is 2.48. The lowest BCUT2D eigenvalue weighted by Crippen LogP contribution is -2.37. The van der Waals surface area contributed by atoms with Crippen molar-refractivity contribution in [2.45, 2.75) is 45.8 Å². The molecule has 25 heavy (non-hydrogen) atoms. The van der Waals surface area contributed by atoms with E-state index in [0.29, 0.717) is 13.2 Å². The molecule has 0 radical (unpaired) electrons. The van der Waals surface area contributed by atoms with Gasteiger partial charge in [0.15, 0.2) is 5.96 Å². The van der Waals surface area contributed by atoms with E-state index < -0.39 is 0 Å². The van der Waals surface area contributed by atoms with Crippen LogP contribution in [-0.2, 0) is 16.1 Å². The van der Waals surface area contributed by atoms with Gasteiger partial charge in [-0.2, -0.15) is 0 Å². The van der Waals surface area contributed by atoms with Gasteiger partial charge in [-0.15, -0.1) is 24.0 Å². The van der Waals surface area contributed by atoms with Gasteiger partial charge in [0.1, 0.15) is 6.10 Å². The third kappa shape index (κ3) is 7.60. The molecule has 1 aromatic rings. The van der Waals surface area contributed by atoms with Crippen molar-refractivity contribution in [1.82, 2.24) is 10.6 Å². The molecule has 0 bridgehead atoms. The number of benzene rings is 1. The summed E-state index contributed by atoms with van der Waals surface area (Å²) in [5.74, 6) is 0.749. The highest BCUT2D eigenvalue weighted by Gasteiger charge is 2.23. The molecular formula is C18H29IN4O2. The summed E-state index contributed by atoms with van der Waals surface area (Å²) in [5.41, 5.74) is 1.84. The Balaban J connectivity index is 0.00000312. The third-order valence-electron chi connectivity index (χ3n) is 3.72. The van der Waals surface area contributed by atoms with Crippen molar-refractivity contribution >= 4 is 41.5 Å². The fourth-order valence-electron chi connectivity index (χ4n) is 2.51. The van der Waals surface area contributed by atoms with Crippen LogP contribution in [0.2, 0.25) is 0 Å². The van der Waals surface area contributed by atoms with E-state index in [1.54, 1.807) is 0 Å². The highest BCUT2D eigenvalue weighted by molar-refractivity contribution is 14.0. The van der Waals surface area contributed by atoms with Crippen LogP contribution in [0.1, 0.15) is 38.7 Å². The van der Waals surface area contributed by atoms with Crippen LogP contribution < -0.4 is 16.0 Å². The van der Waals surface area contributed by atoms with Gasteiger partial charge in [0, 0.05) is 25.4 Å². The van der Waals surface area contributed by atoms with Crippen molar-refractivity contribution < 1.29 is 9.53 Å². The van der Waals surface area contributed by atoms with Crippen molar-refractivity contribution in [3.63, 3.8) is 0 Å². The number of anilines is 1. The largest absolute Gasteiger partial charge is 0.368 e. The minimum Gasteiger partial charge on any atom is -0.368 e. The van der Waals surface area contributed by atoms with E-state index >= 15 is 0 Å². The molecule has 1 aliphatic rings. The first kappa shape index (κ1) is 21.7. The minimum atomic E-state index is -0.315. The minimum absolute atomic E-state index is 0. The van der Waals surface area contributed by atoms with Gasteiger partial charge in [0.05, 0.1) is 6.54 Å². The van der Waals surface area contributed by atoms with Crippen LogP contribution in [0.5, 0.6) is 0 Å². The first-order chi connectivity index (χ1) is 11.7. The van der Waals surface area contributed by atoms with Gasteiger partial charge in [-0.1, -0.05) is 19.1 Å². The van der Waals surface area contributed by atoms with Gasteiger partial charge < -0.3 is 20.7 Å². The van der Waals surface area contributed by atoms with Crippen molar-refractivity contribution in [2.75, 3.05) is 25.0 Å². The van der Waals surface area contributed by atoms with Crippen LogP contribution in [-0.4, -0.2) is 37.7 Å². The topological polar surface area (TPSA) is 74.8 Å². The number of carbonyl (C=O) groups is 1. The SMILES string of the molecule is CCCNC(=NCc1cccc(NC(=O)C2CCCO2)c1)NCC.I. The maximum atomic E-state index is 12.1. The molecule has 1 aliphatic heterocycles. The second-order valence-corrected chi connectivity index (χ2v) is 5.81. The zero-order valence-electron chi connectivity index (χ0n) is 15.0. The smallest absolute Gasteiger partial charge is 0.253 e. The molecule has 7 heteroatoms. The summed E-state index contributed by atoms with van der Waals surface area (Å²) in [4.78, 5) is 16.7. The van der Waals surface area contributed by atoms with E-state index in [-0.39, 0.29) is 36.0 Å². The fraction of sp³-hybridized carbons (Fsp3) is 0.556. The zero-order valence-corrected chi connectivity index (χ0v) is 17.3. The monoisotopic (exact) mass is 460 g/mol. The molecule has 2 rings (SSSR count). The average molecular weight is 460 g/mol. The second kappa shape index (κ2) is 12.1. The van der Waals surface area contributed by atoms with Gasteiger partial charge in [-0.3, -0.25) is 4.79 Å². The summed E-state index contributed by atoms with van der Waals surface area (Å²) in [6, 6.07) is 7.79. The molecule has 1 unspecified atom stereocenters. The van der Waals surface area contributed by atoms with Crippen molar-refractivity contribution in [3.05, 3.63) is 29.8 Å². The molecule has 0 aromatic heterocycles. The van der Waals surface area contributed by atoms with Crippen LogP contribution in [0.25, 0.3) is 0 Å². The molecule has 3 N–H and O–H groups in total. The van der Waals surface area contributed by atoms with Crippen LogP contribution in [0.4, 0.5) is 5.69 Å². The lowest BCUT2D eigenvalue weighted by Gasteiger charge is -2.12. The van der Waals surface area contributed by atoms with E-state index in [4.69, 9.17) is 4.74 Å². The van der Waals surface area contributed by atoms with E-state index in [2.05, 4.69) is 27.9 Å². The lowest BCUT2D eigenvalue weighted by molar-refractivity contribution is -0.124. The Bertz CT molecular complexity index is 560. The van der Waals surface area contributed by atoms with Gasteiger partial charge in [0.25, 0.3) is 5.91 Å². The Morgan fingerprint density at radius 2 is 2.16 bits per heavy atom. The maximum Gasteiger partial charge on any atom is 0.253 e. The molecule has 6 nitrogen and oxygen atoms in total. The molecule has 1 atom stereocenters. The zero-order chi connectivity index (χ0) is 17.2. The number of aliphatic imine (C=N–C) groups is 1. The molecule has 1 heterocycles. The molecule has 1 fully saturated rings. The van der Waals surface area contributed by atoms with Crippen LogP contribution in [0, 0.1) is 0 Å². The van der Waals surface area contributed by atoms with E-state index in [1.807, 2.05) is 31.2 Å². The van der Waals surface area contributed by atoms with Crippen molar-refractivity contribution in [2.24, 2.45) is 4.99 Å². The summed E-state index contributed by atoms with van der Waals surface area (Å²) in [5, 5.41) is 9.43. The number of guanidine groups is 1. The van der Waals surface area contributed by atoms with Crippen LogP contribution >= 0.6 is 24.0 Å². The number of nitrogens with zero attached hydrogens (tertiary/aromatic N) is 1. The summed E-state index contributed by atoms with van der Waals surface area (Å²) >= 11 is 0. The van der Waals surface area contributed by atoms with Crippen LogP contribution in [0.15, 0.2) is 29.3 Å². The number of halogens is 1. The third-order valence-corrected chi connectivity index (χ3v) is 3.72. The highest BCUT2D eigenvalue weighted by atomic mass is 127. The van der Waals surface area contributed by atoms with Gasteiger partial charge in [0.2, 0.25) is 0 Å².